The maximum absolute atomic E-state index is 14.2. The Kier molecular flexibility index (Phi) is 8.32. The number of anilines is 2. The van der Waals surface area contributed by atoms with E-state index in [0.29, 0.717) is 6.61 Å². The molecule has 0 bridgehead atoms. The summed E-state index contributed by atoms with van der Waals surface area (Å²) in [6, 6.07) is 4.01. The zero-order valence-corrected chi connectivity index (χ0v) is 20.6. The highest BCUT2D eigenvalue weighted by atomic mass is 32.2. The highest BCUT2D eigenvalue weighted by Gasteiger charge is 2.21. The molecule has 2 N–H and O–H groups in total. The van der Waals surface area contributed by atoms with E-state index in [-0.39, 0.29) is 35.5 Å². The van der Waals surface area contributed by atoms with Gasteiger partial charge in [0.15, 0.2) is 0 Å². The van der Waals surface area contributed by atoms with E-state index in [4.69, 9.17) is 4.74 Å². The van der Waals surface area contributed by atoms with Crippen LogP contribution in [0.2, 0.25) is 25.7 Å². The van der Waals surface area contributed by atoms with E-state index >= 15 is 0 Å². The van der Waals surface area contributed by atoms with Crippen molar-refractivity contribution in [3.63, 3.8) is 0 Å². The number of ether oxygens (including phenoxy) is 1. The molecule has 30 heavy (non-hydrogen) atoms. The Balaban J connectivity index is 2.39. The van der Waals surface area contributed by atoms with Gasteiger partial charge < -0.3 is 10.1 Å². The molecular formula is C20H33FN4O3SSi. The molecule has 0 aliphatic carbocycles. The molecule has 1 atom stereocenters. The van der Waals surface area contributed by atoms with Gasteiger partial charge in [0.05, 0.1) is 0 Å². The van der Waals surface area contributed by atoms with Gasteiger partial charge in [0, 0.05) is 20.4 Å². The topological polar surface area (TPSA) is 89.3 Å². The number of halogens is 1. The molecule has 0 amide bonds. The molecular weight excluding hydrogens is 423 g/mol. The summed E-state index contributed by atoms with van der Waals surface area (Å²) in [5, 5.41) is 7.15. The Hall–Kier alpha value is -1.62. The number of hydrogen-bond donors (Lipinski definition) is 2. The largest absolute Gasteiger partial charge is 0.359 e. The summed E-state index contributed by atoms with van der Waals surface area (Å²) in [7, 11) is -1.24. The molecule has 1 heterocycles. The highest BCUT2D eigenvalue weighted by Crippen LogP contribution is 2.35. The van der Waals surface area contributed by atoms with Crippen LogP contribution in [-0.4, -0.2) is 38.2 Å². The molecule has 0 saturated carbocycles. The Bertz CT molecular complexity index is 868. The second-order valence-corrected chi connectivity index (χ2v) is 15.7. The van der Waals surface area contributed by atoms with Crippen molar-refractivity contribution in [1.82, 2.24) is 14.8 Å². The van der Waals surface area contributed by atoms with E-state index < -0.39 is 19.2 Å². The van der Waals surface area contributed by atoms with Crippen molar-refractivity contribution in [3.05, 3.63) is 29.1 Å². The lowest BCUT2D eigenvalue weighted by Gasteiger charge is -2.21. The van der Waals surface area contributed by atoms with Gasteiger partial charge in [-0.1, -0.05) is 47.3 Å². The molecule has 2 aromatic rings. The highest BCUT2D eigenvalue weighted by molar-refractivity contribution is 7.79. The van der Waals surface area contributed by atoms with Gasteiger partial charge in [0.25, 0.3) is 5.16 Å². The van der Waals surface area contributed by atoms with Gasteiger partial charge in [0.1, 0.15) is 12.5 Å². The molecule has 7 nitrogen and oxygen atoms in total. The van der Waals surface area contributed by atoms with Gasteiger partial charge in [-0.3, -0.25) is 4.55 Å². The van der Waals surface area contributed by atoms with Crippen molar-refractivity contribution in [2.75, 3.05) is 11.9 Å². The molecule has 0 saturated heterocycles. The van der Waals surface area contributed by atoms with Crippen LogP contribution in [0.1, 0.15) is 50.7 Å². The Labute approximate surface area is 181 Å². The van der Waals surface area contributed by atoms with Crippen LogP contribution in [0.5, 0.6) is 0 Å². The van der Waals surface area contributed by atoms with Crippen molar-refractivity contribution < 1.29 is 17.9 Å². The summed E-state index contributed by atoms with van der Waals surface area (Å²) in [6.07, 6.45) is 0. The lowest BCUT2D eigenvalue weighted by Crippen LogP contribution is -2.22. The number of hydrogen-bond acceptors (Lipinski definition) is 5. The first kappa shape index (κ1) is 24.6. The summed E-state index contributed by atoms with van der Waals surface area (Å²) in [6.45, 7) is 15.4. The molecule has 0 aliphatic heterocycles. The minimum atomic E-state index is -2.32. The summed E-state index contributed by atoms with van der Waals surface area (Å²) < 4.78 is 42.4. The smallest absolute Gasteiger partial charge is 0.268 e. The molecule has 0 spiro atoms. The van der Waals surface area contributed by atoms with Crippen molar-refractivity contribution in [2.24, 2.45) is 0 Å². The zero-order chi connectivity index (χ0) is 22.6. The molecule has 10 heteroatoms. The molecule has 0 aliphatic rings. The predicted octanol–water partition coefficient (Wildman–Crippen LogP) is 5.30. The van der Waals surface area contributed by atoms with Crippen LogP contribution in [0, 0.1) is 5.82 Å². The Morgan fingerprint density at radius 2 is 1.77 bits per heavy atom. The second-order valence-electron chi connectivity index (χ2n) is 9.21. The van der Waals surface area contributed by atoms with Crippen LogP contribution in [0.4, 0.5) is 16.0 Å². The van der Waals surface area contributed by atoms with Gasteiger partial charge in [-0.25, -0.2) is 13.3 Å². The van der Waals surface area contributed by atoms with Crippen LogP contribution in [-0.2, 0) is 22.5 Å². The third-order valence-corrected chi connectivity index (χ3v) is 6.85. The minimum absolute atomic E-state index is 0.0662. The van der Waals surface area contributed by atoms with Gasteiger partial charge >= 0.3 is 0 Å². The molecule has 168 valence electrons. The third-order valence-electron chi connectivity index (χ3n) is 4.66. The van der Waals surface area contributed by atoms with Crippen molar-refractivity contribution in [2.45, 2.75) is 77.1 Å². The lowest BCUT2D eigenvalue weighted by atomic mass is 9.92. The van der Waals surface area contributed by atoms with Crippen LogP contribution in [0.15, 0.2) is 17.3 Å². The molecule has 2 rings (SSSR count). The summed E-state index contributed by atoms with van der Waals surface area (Å²) in [5.74, 6) is 0.130. The van der Waals surface area contributed by atoms with Gasteiger partial charge in [-0.15, -0.1) is 5.10 Å². The molecule has 1 unspecified atom stereocenters. The number of nitrogens with one attached hydrogen (secondary N) is 1. The number of benzene rings is 1. The summed E-state index contributed by atoms with van der Waals surface area (Å²) in [5.41, 5.74) is 2.35. The quantitative estimate of drug-likeness (QED) is 0.286. The van der Waals surface area contributed by atoms with E-state index in [9.17, 15) is 13.2 Å². The first-order chi connectivity index (χ1) is 13.9. The second kappa shape index (κ2) is 10.1. The fourth-order valence-electron chi connectivity index (χ4n) is 2.92. The van der Waals surface area contributed by atoms with Crippen LogP contribution >= 0.6 is 0 Å². The van der Waals surface area contributed by atoms with Crippen LogP contribution in [0.25, 0.3) is 0 Å². The summed E-state index contributed by atoms with van der Waals surface area (Å²) in [4.78, 5) is 4.18. The average molecular weight is 457 g/mol. The number of aromatic nitrogens is 3. The summed E-state index contributed by atoms with van der Waals surface area (Å²) >= 11 is -2.32. The van der Waals surface area contributed by atoms with E-state index in [1.54, 1.807) is 0 Å². The van der Waals surface area contributed by atoms with Crippen molar-refractivity contribution >= 4 is 30.8 Å². The first-order valence-electron chi connectivity index (χ1n) is 10.1. The van der Waals surface area contributed by atoms with Crippen molar-refractivity contribution in [3.8, 4) is 0 Å². The maximum atomic E-state index is 14.2. The van der Waals surface area contributed by atoms with Crippen LogP contribution < -0.4 is 5.32 Å². The fourth-order valence-corrected chi connectivity index (χ4v) is 4.01. The Morgan fingerprint density at radius 1 is 1.20 bits per heavy atom. The minimum Gasteiger partial charge on any atom is -0.359 e. The first-order valence-corrected chi connectivity index (χ1v) is 14.9. The molecule has 0 radical (unpaired) electrons. The lowest BCUT2D eigenvalue weighted by molar-refractivity contribution is 0.0792. The van der Waals surface area contributed by atoms with E-state index in [2.05, 4.69) is 35.0 Å². The average Bonchev–Trinajstić information content (AvgIpc) is 3.01. The van der Waals surface area contributed by atoms with E-state index in [1.165, 1.54) is 16.8 Å². The zero-order valence-electron chi connectivity index (χ0n) is 18.8. The SMILES string of the molecule is CC(C)c1cc(F)cc(C(C)C)c1Nc1nc(S(=O)O)nn1COCC[Si](C)(C)C. The molecule has 1 aromatic heterocycles. The maximum Gasteiger partial charge on any atom is 0.268 e. The number of rotatable bonds is 10. The fraction of sp³-hybridized carbons (Fsp3) is 0.600. The van der Waals surface area contributed by atoms with E-state index in [0.717, 1.165) is 22.9 Å². The van der Waals surface area contributed by atoms with E-state index in [1.807, 2.05) is 27.7 Å². The monoisotopic (exact) mass is 456 g/mol. The molecule has 0 fully saturated rings. The van der Waals surface area contributed by atoms with Gasteiger partial charge in [0.2, 0.25) is 17.0 Å². The standard InChI is InChI=1S/C20H33FN4O3SSi/c1-13(2)16-10-15(21)11-17(14(3)4)18(16)22-19-23-20(29(26)27)24-25(19)12-28-8-9-30(5,6)7/h10-11,13-14H,8-9,12H2,1-7H3,(H,26,27)(H,22,23,24). The third kappa shape index (κ3) is 6.69. The van der Waals surface area contributed by atoms with Gasteiger partial charge in [-0.2, -0.15) is 4.98 Å². The normalized spacial score (nSPS) is 13.3. The Morgan fingerprint density at radius 3 is 2.23 bits per heavy atom. The van der Waals surface area contributed by atoms with Gasteiger partial charge in [-0.05, 0) is 41.1 Å². The number of nitrogens with zero attached hydrogens (tertiary/aromatic N) is 3. The predicted molar refractivity (Wildman–Crippen MR) is 121 cm³/mol. The van der Waals surface area contributed by atoms with Crippen molar-refractivity contribution in [1.29, 1.82) is 0 Å². The molecule has 1 aromatic carbocycles. The van der Waals surface area contributed by atoms with Crippen LogP contribution in [0.3, 0.4) is 0 Å².